The number of carbonyl (C=O) groups is 1. The first-order valence-corrected chi connectivity index (χ1v) is 11.8. The van der Waals surface area contributed by atoms with Gasteiger partial charge in [0.25, 0.3) is 0 Å². The standard InChI is InChI=1S/C28H28N4O4/c1-5-36-27(29)23-15(2)31-28-25(24(23)16-10-11-21(34-3)22(13-16)35-4)26(33)20(32-28)12-17-14-30-19-9-7-6-8-18(17)19/h6-14,24-25,30H,5,29H2,1-4H3/b20-12-,27-23-. The van der Waals surface area contributed by atoms with E-state index in [-0.39, 0.29) is 11.7 Å². The number of benzene rings is 2. The number of ketones is 1. The van der Waals surface area contributed by atoms with Gasteiger partial charge >= 0.3 is 0 Å². The molecule has 2 unspecified atom stereocenters. The van der Waals surface area contributed by atoms with Crippen molar-refractivity contribution in [2.45, 2.75) is 19.8 Å². The summed E-state index contributed by atoms with van der Waals surface area (Å²) < 4.78 is 16.7. The van der Waals surface area contributed by atoms with Crippen molar-refractivity contribution in [2.24, 2.45) is 21.6 Å². The molecule has 0 aliphatic carbocycles. The van der Waals surface area contributed by atoms with Crippen LogP contribution >= 0.6 is 0 Å². The largest absolute Gasteiger partial charge is 0.493 e. The maximum absolute atomic E-state index is 13.9. The first kappa shape index (κ1) is 23.4. The first-order chi connectivity index (χ1) is 17.5. The fourth-order valence-corrected chi connectivity index (χ4v) is 4.98. The summed E-state index contributed by atoms with van der Waals surface area (Å²) in [7, 11) is 3.16. The number of ether oxygens (including phenoxy) is 3. The molecule has 2 aromatic carbocycles. The van der Waals surface area contributed by atoms with Gasteiger partial charge < -0.3 is 24.9 Å². The van der Waals surface area contributed by atoms with Crippen molar-refractivity contribution < 1.29 is 19.0 Å². The highest BCUT2D eigenvalue weighted by Crippen LogP contribution is 2.45. The molecule has 2 aliphatic heterocycles. The normalized spacial score (nSPS) is 21.8. The molecule has 0 bridgehead atoms. The van der Waals surface area contributed by atoms with Gasteiger partial charge in [0.05, 0.1) is 26.7 Å². The highest BCUT2D eigenvalue weighted by atomic mass is 16.5. The highest BCUT2D eigenvalue weighted by Gasteiger charge is 2.46. The van der Waals surface area contributed by atoms with E-state index in [4.69, 9.17) is 24.9 Å². The Morgan fingerprint density at radius 2 is 1.86 bits per heavy atom. The third-order valence-electron chi connectivity index (χ3n) is 6.61. The van der Waals surface area contributed by atoms with Crippen LogP contribution in [-0.4, -0.2) is 43.1 Å². The molecule has 8 nitrogen and oxygen atoms in total. The third kappa shape index (κ3) is 3.84. The van der Waals surface area contributed by atoms with Crippen molar-refractivity contribution in [3.05, 3.63) is 76.9 Å². The summed E-state index contributed by atoms with van der Waals surface area (Å²) in [6.07, 6.45) is 3.70. The summed E-state index contributed by atoms with van der Waals surface area (Å²) in [4.78, 5) is 26.5. The number of nitrogens with one attached hydrogen (secondary N) is 1. The van der Waals surface area contributed by atoms with E-state index < -0.39 is 11.8 Å². The Labute approximate surface area is 209 Å². The van der Waals surface area contributed by atoms with Crippen molar-refractivity contribution in [3.63, 3.8) is 0 Å². The van der Waals surface area contributed by atoms with Gasteiger partial charge in [0.1, 0.15) is 11.5 Å². The number of Topliss-reactive ketones (excluding diaryl/α,β-unsaturated/α-hetero) is 1. The van der Waals surface area contributed by atoms with Crippen molar-refractivity contribution in [1.29, 1.82) is 0 Å². The number of nitrogens with two attached hydrogens (primary N) is 1. The minimum absolute atomic E-state index is 0.117. The van der Waals surface area contributed by atoms with Crippen LogP contribution in [0.2, 0.25) is 0 Å². The Bertz CT molecular complexity index is 1480. The molecule has 5 rings (SSSR count). The number of H-pyrrole nitrogens is 1. The molecule has 0 fully saturated rings. The van der Waals surface area contributed by atoms with Gasteiger partial charge in [-0.25, -0.2) is 9.98 Å². The number of aromatic nitrogens is 1. The minimum atomic E-state index is -0.641. The zero-order valence-corrected chi connectivity index (χ0v) is 20.7. The predicted molar refractivity (Wildman–Crippen MR) is 140 cm³/mol. The van der Waals surface area contributed by atoms with E-state index in [1.54, 1.807) is 14.2 Å². The monoisotopic (exact) mass is 484 g/mol. The number of allylic oxidation sites excluding steroid dienone is 2. The van der Waals surface area contributed by atoms with Gasteiger partial charge in [0.2, 0.25) is 0 Å². The van der Waals surface area contributed by atoms with E-state index in [1.165, 1.54) is 0 Å². The lowest BCUT2D eigenvalue weighted by atomic mass is 9.74. The molecule has 36 heavy (non-hydrogen) atoms. The summed E-state index contributed by atoms with van der Waals surface area (Å²) in [5.41, 5.74) is 10.8. The number of fused-ring (bicyclic) bond motifs is 2. The lowest BCUT2D eigenvalue weighted by Crippen LogP contribution is -2.35. The number of aliphatic imine (C=N–C) groups is 2. The van der Waals surface area contributed by atoms with Crippen LogP contribution in [0.1, 0.15) is 30.9 Å². The maximum atomic E-state index is 13.9. The molecule has 0 saturated heterocycles. The smallest absolute Gasteiger partial charge is 0.192 e. The lowest BCUT2D eigenvalue weighted by molar-refractivity contribution is -0.117. The molecule has 0 spiro atoms. The molecule has 184 valence electrons. The van der Waals surface area contributed by atoms with Crippen LogP contribution < -0.4 is 15.2 Å². The van der Waals surface area contributed by atoms with E-state index in [2.05, 4.69) is 9.98 Å². The molecule has 3 N–H and O–H groups in total. The second-order valence-electron chi connectivity index (χ2n) is 8.63. The summed E-state index contributed by atoms with van der Waals surface area (Å²) in [6, 6.07) is 13.5. The van der Waals surface area contributed by atoms with E-state index >= 15 is 0 Å². The molecular formula is C28H28N4O4. The molecule has 3 heterocycles. The predicted octanol–water partition coefficient (Wildman–Crippen LogP) is 4.59. The first-order valence-electron chi connectivity index (χ1n) is 11.8. The topological polar surface area (TPSA) is 111 Å². The minimum Gasteiger partial charge on any atom is -0.493 e. The van der Waals surface area contributed by atoms with E-state index in [0.717, 1.165) is 22.0 Å². The van der Waals surface area contributed by atoms with Gasteiger partial charge in [-0.3, -0.25) is 4.79 Å². The van der Waals surface area contributed by atoms with Crippen LogP contribution in [0.15, 0.2) is 75.8 Å². The van der Waals surface area contributed by atoms with Gasteiger partial charge in [0.15, 0.2) is 23.2 Å². The molecule has 0 radical (unpaired) electrons. The van der Waals surface area contributed by atoms with Crippen molar-refractivity contribution in [3.8, 4) is 11.5 Å². The van der Waals surface area contributed by atoms with Crippen LogP contribution in [-0.2, 0) is 9.53 Å². The summed E-state index contributed by atoms with van der Waals surface area (Å²) in [5, 5.41) is 1.02. The number of amidine groups is 1. The molecule has 2 aliphatic rings. The number of para-hydroxylation sites is 1. The quantitative estimate of drug-likeness (QED) is 0.393. The Morgan fingerprint density at radius 1 is 1.08 bits per heavy atom. The van der Waals surface area contributed by atoms with Gasteiger partial charge in [0, 0.05) is 39.9 Å². The fraction of sp³-hybridized carbons (Fsp3) is 0.250. The number of hydrogen-bond acceptors (Lipinski definition) is 7. The zero-order valence-electron chi connectivity index (χ0n) is 20.7. The van der Waals surface area contributed by atoms with Gasteiger partial charge in [-0.05, 0) is 43.7 Å². The number of nitrogens with zero attached hydrogens (tertiary/aromatic N) is 2. The van der Waals surface area contributed by atoms with Crippen molar-refractivity contribution in [1.82, 2.24) is 4.98 Å². The number of methoxy groups -OCH3 is 2. The Morgan fingerprint density at radius 3 is 2.61 bits per heavy atom. The number of rotatable bonds is 6. The molecule has 0 amide bonds. The summed E-state index contributed by atoms with van der Waals surface area (Å²) in [5.74, 6) is 0.663. The summed E-state index contributed by atoms with van der Waals surface area (Å²) in [6.45, 7) is 4.12. The zero-order chi connectivity index (χ0) is 25.4. The molecule has 2 atom stereocenters. The van der Waals surface area contributed by atoms with Crippen LogP contribution in [0, 0.1) is 5.92 Å². The second-order valence-corrected chi connectivity index (χ2v) is 8.63. The SMILES string of the molecule is CCO/C(N)=C1/C(C)=NC2=N/C(=C\c3c[nH]c4ccccc34)C(=O)C2C1c1ccc(OC)c(OC)c1. The average Bonchev–Trinajstić information content (AvgIpc) is 3.43. The summed E-state index contributed by atoms with van der Waals surface area (Å²) >= 11 is 0. The van der Waals surface area contributed by atoms with Crippen molar-refractivity contribution in [2.75, 3.05) is 20.8 Å². The Kier molecular flexibility index (Phi) is 6.10. The average molecular weight is 485 g/mol. The molecule has 3 aromatic rings. The maximum Gasteiger partial charge on any atom is 0.192 e. The van der Waals surface area contributed by atoms with Crippen LogP contribution in [0.3, 0.4) is 0 Å². The van der Waals surface area contributed by atoms with Crippen LogP contribution in [0.5, 0.6) is 11.5 Å². The third-order valence-corrected chi connectivity index (χ3v) is 6.61. The highest BCUT2D eigenvalue weighted by molar-refractivity contribution is 6.26. The van der Waals surface area contributed by atoms with E-state index in [1.807, 2.05) is 68.6 Å². The number of hydrogen-bond donors (Lipinski definition) is 2. The van der Waals surface area contributed by atoms with Gasteiger partial charge in [-0.1, -0.05) is 24.3 Å². The number of carbonyl (C=O) groups excluding carboxylic acids is 1. The molecule has 0 saturated carbocycles. The van der Waals surface area contributed by atoms with E-state index in [0.29, 0.717) is 40.9 Å². The van der Waals surface area contributed by atoms with Crippen LogP contribution in [0.4, 0.5) is 0 Å². The fourth-order valence-electron chi connectivity index (χ4n) is 4.98. The van der Waals surface area contributed by atoms with Gasteiger partial charge in [-0.15, -0.1) is 0 Å². The Hall–Kier alpha value is -4.33. The Balaban J connectivity index is 1.65. The van der Waals surface area contributed by atoms with Gasteiger partial charge in [-0.2, -0.15) is 0 Å². The number of aromatic amines is 1. The van der Waals surface area contributed by atoms with E-state index in [9.17, 15) is 4.79 Å². The van der Waals surface area contributed by atoms with Crippen molar-refractivity contribution >= 4 is 34.3 Å². The molecule has 8 heteroatoms. The molecule has 1 aromatic heterocycles. The lowest BCUT2D eigenvalue weighted by Gasteiger charge is -2.31. The second kappa shape index (κ2) is 9.37. The molecular weight excluding hydrogens is 456 g/mol. The van der Waals surface area contributed by atoms with Crippen LogP contribution in [0.25, 0.3) is 17.0 Å².